The van der Waals surface area contributed by atoms with E-state index in [4.69, 9.17) is 9.57 Å². The van der Waals surface area contributed by atoms with Gasteiger partial charge in [-0.1, -0.05) is 162 Å². The number of ether oxygens (including phenoxy) is 1. The van der Waals surface area contributed by atoms with Gasteiger partial charge in [-0.3, -0.25) is 5.01 Å². The van der Waals surface area contributed by atoms with Crippen molar-refractivity contribution in [3.8, 4) is 5.69 Å². The van der Waals surface area contributed by atoms with Crippen molar-refractivity contribution in [2.24, 2.45) is 15.4 Å². The number of hydrogen-bond acceptors (Lipinski definition) is 12. The number of hydrogen-bond donors (Lipinski definition) is 0. The molecule has 0 aliphatic carbocycles. The fourth-order valence-electron chi connectivity index (χ4n) is 11.8. The summed E-state index contributed by atoms with van der Waals surface area (Å²) in [5, 5.41) is 19.8. The molecular weight excluding hydrogens is 1930 g/mol. The number of thioether (sulfide) groups is 1. The van der Waals surface area contributed by atoms with E-state index in [2.05, 4.69) is 272 Å². The Labute approximate surface area is 683 Å². The van der Waals surface area contributed by atoms with Gasteiger partial charge in [0, 0.05) is 74.2 Å². The zero-order valence-corrected chi connectivity index (χ0v) is 70.1. The van der Waals surface area contributed by atoms with Crippen molar-refractivity contribution < 1.29 is 108 Å². The van der Waals surface area contributed by atoms with Crippen LogP contribution in [0.2, 0.25) is 19.4 Å². The number of fused-ring (bicyclic) bond motifs is 4. The molecule has 0 spiro atoms. The Balaban J connectivity index is 0.000000342. The minimum absolute atomic E-state index is 0. The number of nitrogens with zero attached hydrogens (tertiary/aromatic N) is 10. The van der Waals surface area contributed by atoms with Crippen LogP contribution in [-0.2, 0) is 108 Å². The monoisotopic (exact) mass is 2020 g/mol. The van der Waals surface area contributed by atoms with Crippen LogP contribution in [0.1, 0.15) is 0 Å². The molecule has 103 heavy (non-hydrogen) atoms. The first-order chi connectivity index (χ1) is 45.9. The predicted molar refractivity (Wildman–Crippen MR) is 424 cm³/mol. The second-order valence-corrected chi connectivity index (χ2v) is 28.8. The minimum atomic E-state index is -1.49. The topological polar surface area (TPSA) is 79.9 Å². The number of rotatable bonds is 10. The fourth-order valence-corrected chi connectivity index (χ4v) is 15.8. The average molecular weight is 2020 g/mol. The number of hydrazone groups is 2. The Morgan fingerprint density at radius 2 is 1.01 bits per heavy atom. The fraction of sp³-hybridized carbons (Fsp3) is 0.108. The Hall–Kier alpha value is -7.57. The molecule has 0 N–H and O–H groups in total. The predicted octanol–water partition coefficient (Wildman–Crippen LogP) is 18.5. The van der Waals surface area contributed by atoms with E-state index in [0.29, 0.717) is 20.2 Å². The molecule has 0 unspecified atom stereocenters. The van der Waals surface area contributed by atoms with Crippen molar-refractivity contribution in [1.29, 1.82) is 0 Å². The summed E-state index contributed by atoms with van der Waals surface area (Å²) in [5.74, 6) is 1.28. The summed E-state index contributed by atoms with van der Waals surface area (Å²) < 4.78 is 7.32. The van der Waals surface area contributed by atoms with E-state index >= 15 is 0 Å². The van der Waals surface area contributed by atoms with Crippen molar-refractivity contribution in [3.63, 3.8) is 0 Å². The maximum atomic E-state index is 4.93. The molecule has 539 valence electrons. The number of anilines is 9. The third kappa shape index (κ3) is 22.2. The molecular formula is C83H83BIr2N10O2Rh3SSi-4. The van der Waals surface area contributed by atoms with Gasteiger partial charge in [-0.25, -0.2) is 5.01 Å². The molecule has 0 bridgehead atoms. The first kappa shape index (κ1) is 89.6. The number of oxime groups is 1. The molecule has 11 aromatic carbocycles. The standard InChI is InChI=1S/C27H25N2Si.C21H17BNS.C14H12N3.2C8H7N2O.5CH3.2Ir.3Rh/c1-30(2)21-28(26-18-9-10-19-27(26)30)24-16-11-17-25(20-24)29(22-12-5-3-6-13-22)23-14-7-4-8-15-23;1-3-10-20-18(8-1)19-9-2-4-11-21(19)23(20)17-7-5-6-16(14-17)22-12-13-24-15-22;1-3-7-13(8-4-1)16-11-15-17(12-16)14-9-5-2-6-10-14;1-2-4-8(5-3-1)10-7-11-6-9-10;1-2-4-8(5-3-1)10-6-9-11-7-10;;;;;;;;;;/h3-15,17-20H,21H2,1-2H3;1-5,7-11,14H,12-13,15H2;1-7,9-11H,12H2;2*1-4,6H,7H2;5*1H3;;;;;/q10*-1;;;3*+2. The average Bonchev–Trinajstić information content (AvgIpc) is 1.61. The van der Waals surface area contributed by atoms with Gasteiger partial charge in [-0.15, -0.1) is 41.5 Å². The quantitative estimate of drug-likeness (QED) is 0.0982. The molecule has 5 aliphatic heterocycles. The Bertz CT molecular complexity index is 4290. The molecule has 1 fully saturated rings. The minimum Gasteiger partial charge on any atom is -0.459 e. The van der Waals surface area contributed by atoms with Gasteiger partial charge >= 0.3 is 58.4 Å². The Morgan fingerprint density at radius 1 is 0.476 bits per heavy atom. The van der Waals surface area contributed by atoms with Crippen LogP contribution in [-0.4, -0.2) is 76.1 Å². The molecule has 12 aromatic rings. The molecule has 0 amide bonds. The van der Waals surface area contributed by atoms with Crippen LogP contribution in [0.3, 0.4) is 0 Å². The van der Waals surface area contributed by atoms with Crippen LogP contribution in [0.15, 0.2) is 288 Å². The van der Waals surface area contributed by atoms with Gasteiger partial charge in [0.15, 0.2) is 26.6 Å². The van der Waals surface area contributed by atoms with E-state index in [1.54, 1.807) is 11.3 Å². The second kappa shape index (κ2) is 44.3. The smallest absolute Gasteiger partial charge is 0.459 e. The molecule has 5 radical (unpaired) electrons. The van der Waals surface area contributed by atoms with E-state index < -0.39 is 8.07 Å². The zero-order chi connectivity index (χ0) is 63.0. The Morgan fingerprint density at radius 3 is 1.56 bits per heavy atom. The SMILES string of the molecule is C[Si]1(C)CN(c2[c-]ccc(N(c3ccccc3)c3ccccc3)c2)c2ccccc21.[CH3-].[CH3-].[CH3-].[CH3-].[CH3-].[Ir].[Ir].[Rh+2].[Rh+2].[Rh+2].[c-]1ccc(-n2c3ccccc3c3ccccc32)cc1B1CCSC1.[c-]1ccccc1N1C=NN(c2ccccc2)C1.[c-]1ccccc1N1C=NOC1.[c-]1ccccc1N1COC=N1. The maximum Gasteiger partial charge on any atom is 2.00 e. The summed E-state index contributed by atoms with van der Waals surface area (Å²) in [5.41, 5.74) is 16.4. The molecule has 5 aliphatic rings. The molecule has 17 rings (SSSR count). The van der Waals surface area contributed by atoms with Crippen molar-refractivity contribution in [1.82, 2.24) is 4.57 Å². The zero-order valence-electron chi connectivity index (χ0n) is 58.6. The van der Waals surface area contributed by atoms with Crippen LogP contribution in [0.5, 0.6) is 0 Å². The van der Waals surface area contributed by atoms with Gasteiger partial charge in [-0.2, -0.15) is 125 Å². The van der Waals surface area contributed by atoms with Crippen molar-refractivity contribution in [2.45, 2.75) is 19.4 Å². The van der Waals surface area contributed by atoms with Gasteiger partial charge in [0.05, 0.1) is 16.7 Å². The van der Waals surface area contributed by atoms with E-state index in [1.165, 1.54) is 68.0 Å². The van der Waals surface area contributed by atoms with Crippen molar-refractivity contribution in [2.75, 3.05) is 67.3 Å². The summed E-state index contributed by atoms with van der Waals surface area (Å²) in [6.07, 6.45) is 7.27. The van der Waals surface area contributed by atoms with E-state index in [9.17, 15) is 0 Å². The first-order valence-electron chi connectivity index (χ1n) is 31.2. The number of benzene rings is 11. The third-order valence-electron chi connectivity index (χ3n) is 16.4. The summed E-state index contributed by atoms with van der Waals surface area (Å²) in [6.45, 7) is 7.26. The summed E-state index contributed by atoms with van der Waals surface area (Å²) in [4.78, 5) is 13.5. The molecule has 20 heteroatoms. The largest absolute Gasteiger partial charge is 2.00 e. The summed E-state index contributed by atoms with van der Waals surface area (Å²) in [7, 11) is -1.49. The Kier molecular flexibility index (Phi) is 38.5. The normalized spacial score (nSPS) is 13.2. The summed E-state index contributed by atoms with van der Waals surface area (Å²) >= 11 is 2.06. The molecule has 0 saturated carbocycles. The summed E-state index contributed by atoms with van der Waals surface area (Å²) in [6, 6.07) is 110. The van der Waals surface area contributed by atoms with E-state index in [-0.39, 0.29) is 136 Å². The van der Waals surface area contributed by atoms with Gasteiger partial charge in [0.1, 0.15) is 27.4 Å². The molecule has 12 nitrogen and oxygen atoms in total. The second-order valence-electron chi connectivity index (χ2n) is 23.0. The van der Waals surface area contributed by atoms with Crippen LogP contribution >= 0.6 is 11.8 Å². The number of aromatic nitrogens is 1. The molecule has 1 aromatic heterocycles. The van der Waals surface area contributed by atoms with E-state index in [0.717, 1.165) is 58.3 Å². The van der Waals surface area contributed by atoms with E-state index in [1.807, 2.05) is 107 Å². The number of para-hydroxylation sites is 9. The van der Waals surface area contributed by atoms with Gasteiger partial charge in [0.2, 0.25) is 0 Å². The third-order valence-corrected chi connectivity index (χ3v) is 20.6. The van der Waals surface area contributed by atoms with Gasteiger partial charge < -0.3 is 70.9 Å². The molecule has 6 heterocycles. The van der Waals surface area contributed by atoms with Crippen LogP contribution < -0.4 is 40.3 Å². The van der Waals surface area contributed by atoms with Gasteiger partial charge in [0.25, 0.3) is 0 Å². The van der Waals surface area contributed by atoms with Crippen molar-refractivity contribution in [3.05, 3.63) is 340 Å². The van der Waals surface area contributed by atoms with Gasteiger partial charge in [-0.05, 0) is 76.9 Å². The van der Waals surface area contributed by atoms with Crippen LogP contribution in [0.4, 0.5) is 51.2 Å². The van der Waals surface area contributed by atoms with Crippen LogP contribution in [0.25, 0.3) is 27.5 Å². The first-order valence-corrected chi connectivity index (χ1v) is 35.5. The maximum absolute atomic E-state index is 4.93. The van der Waals surface area contributed by atoms with Crippen molar-refractivity contribution >= 4 is 129 Å². The van der Waals surface area contributed by atoms with Crippen LogP contribution in [0, 0.1) is 67.5 Å². The molecule has 1 saturated heterocycles. The molecule has 0 atom stereocenters.